The molecular formula is C18H15NO5. The van der Waals surface area contributed by atoms with E-state index < -0.39 is 11.9 Å². The number of carboxylic acid groups (broad SMARTS) is 2. The zero-order valence-electron chi connectivity index (χ0n) is 12.9. The predicted molar refractivity (Wildman–Crippen MR) is 89.0 cm³/mol. The molecule has 0 aliphatic heterocycles. The number of carbonyl (C=O) groups is 2. The van der Waals surface area contributed by atoms with Gasteiger partial charge in [-0.3, -0.25) is 0 Å². The van der Waals surface area contributed by atoms with Gasteiger partial charge in [-0.2, -0.15) is 0 Å². The van der Waals surface area contributed by atoms with Crippen LogP contribution in [0.1, 0.15) is 34.1 Å². The van der Waals surface area contributed by atoms with Gasteiger partial charge >= 0.3 is 11.9 Å². The third kappa shape index (κ3) is 2.62. The Morgan fingerprint density at radius 1 is 1.08 bits per heavy atom. The van der Waals surface area contributed by atoms with Crippen molar-refractivity contribution in [2.75, 3.05) is 6.61 Å². The van der Waals surface area contributed by atoms with Crippen LogP contribution in [0.25, 0.3) is 21.8 Å². The Morgan fingerprint density at radius 3 is 2.50 bits per heavy atom. The number of hydrogen-bond donors (Lipinski definition) is 2. The standard InChI is InChI=1S/C18H15NO5/c1-2-7-24-14-9-10(17(20)21)8-13-16(14)15(18(22)23)11-5-3-4-6-12(11)19-13/h3-6,8-9H,2,7H2,1H3,(H,20,21)(H,22,23). The number of rotatable bonds is 5. The number of aromatic carboxylic acids is 2. The molecule has 0 spiro atoms. The van der Waals surface area contributed by atoms with Gasteiger partial charge in [-0.1, -0.05) is 25.1 Å². The van der Waals surface area contributed by atoms with Crippen LogP contribution in [0.2, 0.25) is 0 Å². The van der Waals surface area contributed by atoms with Crippen LogP contribution in [0.15, 0.2) is 36.4 Å². The third-order valence-corrected chi connectivity index (χ3v) is 3.67. The highest BCUT2D eigenvalue weighted by atomic mass is 16.5. The predicted octanol–water partition coefficient (Wildman–Crippen LogP) is 3.57. The lowest BCUT2D eigenvalue weighted by atomic mass is 10.00. The van der Waals surface area contributed by atoms with Crippen LogP contribution in [0.4, 0.5) is 0 Å². The summed E-state index contributed by atoms with van der Waals surface area (Å²) in [5, 5.41) is 19.8. The summed E-state index contributed by atoms with van der Waals surface area (Å²) in [5.41, 5.74) is 0.856. The number of pyridine rings is 1. The molecule has 2 aromatic carbocycles. The minimum Gasteiger partial charge on any atom is -0.493 e. The van der Waals surface area contributed by atoms with Crippen molar-refractivity contribution >= 4 is 33.7 Å². The monoisotopic (exact) mass is 325 g/mol. The zero-order valence-corrected chi connectivity index (χ0v) is 12.9. The van der Waals surface area contributed by atoms with E-state index in [9.17, 15) is 19.8 Å². The van der Waals surface area contributed by atoms with Crippen LogP contribution in [-0.2, 0) is 0 Å². The van der Waals surface area contributed by atoms with E-state index in [1.54, 1.807) is 24.3 Å². The molecule has 6 heteroatoms. The second kappa shape index (κ2) is 6.16. The molecule has 0 saturated carbocycles. The molecule has 0 bridgehead atoms. The topological polar surface area (TPSA) is 96.7 Å². The van der Waals surface area contributed by atoms with Crippen LogP contribution in [0.5, 0.6) is 5.75 Å². The number of carboxylic acids is 2. The number of para-hydroxylation sites is 1. The number of ether oxygens (including phenoxy) is 1. The van der Waals surface area contributed by atoms with E-state index >= 15 is 0 Å². The van der Waals surface area contributed by atoms with Crippen molar-refractivity contribution in [3.8, 4) is 5.75 Å². The van der Waals surface area contributed by atoms with Crippen LogP contribution in [0.3, 0.4) is 0 Å². The maximum absolute atomic E-state index is 11.9. The van der Waals surface area contributed by atoms with Crippen LogP contribution < -0.4 is 4.74 Å². The van der Waals surface area contributed by atoms with Crippen molar-refractivity contribution in [1.82, 2.24) is 4.98 Å². The minimum atomic E-state index is -1.12. The SMILES string of the molecule is CCCOc1cc(C(=O)O)cc2nc3ccccc3c(C(=O)O)c12. The Kier molecular flexibility index (Phi) is 4.04. The molecule has 0 fully saturated rings. The average molecular weight is 325 g/mol. The molecule has 0 unspecified atom stereocenters. The number of aromatic nitrogens is 1. The third-order valence-electron chi connectivity index (χ3n) is 3.67. The molecule has 1 heterocycles. The molecule has 6 nitrogen and oxygen atoms in total. The first-order valence-corrected chi connectivity index (χ1v) is 7.48. The van der Waals surface area contributed by atoms with Crippen molar-refractivity contribution in [3.05, 3.63) is 47.5 Å². The van der Waals surface area contributed by atoms with Gasteiger partial charge in [0.25, 0.3) is 0 Å². The molecule has 0 radical (unpaired) electrons. The first-order chi connectivity index (χ1) is 11.5. The smallest absolute Gasteiger partial charge is 0.337 e. The van der Waals surface area contributed by atoms with Crippen molar-refractivity contribution < 1.29 is 24.5 Å². The quantitative estimate of drug-likeness (QED) is 0.696. The summed E-state index contributed by atoms with van der Waals surface area (Å²) in [6, 6.07) is 9.59. The first kappa shape index (κ1) is 15.7. The number of fused-ring (bicyclic) bond motifs is 2. The number of benzene rings is 2. The van der Waals surface area contributed by atoms with Gasteiger partial charge in [0.2, 0.25) is 0 Å². The van der Waals surface area contributed by atoms with E-state index in [-0.39, 0.29) is 22.4 Å². The molecule has 0 aliphatic rings. The van der Waals surface area contributed by atoms with Gasteiger partial charge in [0, 0.05) is 5.39 Å². The van der Waals surface area contributed by atoms with Crippen molar-refractivity contribution in [2.24, 2.45) is 0 Å². The summed E-state index contributed by atoms with van der Waals surface area (Å²) < 4.78 is 5.63. The minimum absolute atomic E-state index is 0.00715. The molecule has 0 amide bonds. The Balaban J connectivity index is 2.47. The summed E-state index contributed by atoms with van der Waals surface area (Å²) in [7, 11) is 0. The van der Waals surface area contributed by atoms with Gasteiger partial charge < -0.3 is 14.9 Å². The summed E-state index contributed by atoms with van der Waals surface area (Å²) in [6.07, 6.45) is 0.711. The van der Waals surface area contributed by atoms with Crippen LogP contribution in [-0.4, -0.2) is 33.7 Å². The molecule has 0 saturated heterocycles. The van der Waals surface area contributed by atoms with E-state index in [0.29, 0.717) is 29.3 Å². The molecule has 1 aromatic heterocycles. The highest BCUT2D eigenvalue weighted by molar-refractivity contribution is 6.16. The van der Waals surface area contributed by atoms with E-state index in [1.165, 1.54) is 12.1 Å². The van der Waals surface area contributed by atoms with E-state index in [1.807, 2.05) is 6.92 Å². The lowest BCUT2D eigenvalue weighted by Gasteiger charge is -2.13. The largest absolute Gasteiger partial charge is 0.493 e. The van der Waals surface area contributed by atoms with Crippen LogP contribution in [0, 0.1) is 0 Å². The highest BCUT2D eigenvalue weighted by Gasteiger charge is 2.21. The molecule has 24 heavy (non-hydrogen) atoms. The molecule has 3 aromatic rings. The maximum atomic E-state index is 11.9. The summed E-state index contributed by atoms with van der Waals surface area (Å²) in [6.45, 7) is 2.26. The highest BCUT2D eigenvalue weighted by Crippen LogP contribution is 2.34. The average Bonchev–Trinajstić information content (AvgIpc) is 2.56. The van der Waals surface area contributed by atoms with Gasteiger partial charge in [0.15, 0.2) is 0 Å². The van der Waals surface area contributed by atoms with Gasteiger partial charge in [-0.25, -0.2) is 14.6 Å². The summed E-state index contributed by atoms with van der Waals surface area (Å²) in [4.78, 5) is 27.7. The van der Waals surface area contributed by atoms with E-state index in [4.69, 9.17) is 4.74 Å². The Labute approximate surface area is 137 Å². The fourth-order valence-corrected chi connectivity index (χ4v) is 2.66. The normalized spacial score (nSPS) is 10.9. The lowest BCUT2D eigenvalue weighted by Crippen LogP contribution is -2.06. The van der Waals surface area contributed by atoms with Crippen molar-refractivity contribution in [3.63, 3.8) is 0 Å². The molecule has 2 N–H and O–H groups in total. The Hall–Kier alpha value is -3.15. The second-order valence-electron chi connectivity index (χ2n) is 5.33. The fourth-order valence-electron chi connectivity index (χ4n) is 2.66. The van der Waals surface area contributed by atoms with E-state index in [2.05, 4.69) is 4.98 Å². The molecule has 122 valence electrons. The molecule has 0 atom stereocenters. The zero-order chi connectivity index (χ0) is 17.3. The van der Waals surface area contributed by atoms with Gasteiger partial charge in [-0.05, 0) is 24.6 Å². The molecular weight excluding hydrogens is 310 g/mol. The maximum Gasteiger partial charge on any atom is 0.337 e. The number of nitrogens with zero attached hydrogens (tertiary/aromatic N) is 1. The Morgan fingerprint density at radius 2 is 1.83 bits per heavy atom. The fraction of sp³-hybridized carbons (Fsp3) is 0.167. The summed E-state index contributed by atoms with van der Waals surface area (Å²) >= 11 is 0. The van der Waals surface area contributed by atoms with Gasteiger partial charge in [0.1, 0.15) is 5.75 Å². The summed E-state index contributed by atoms with van der Waals surface area (Å²) in [5.74, 6) is -2.00. The van der Waals surface area contributed by atoms with Gasteiger partial charge in [-0.15, -0.1) is 0 Å². The molecule has 0 aliphatic carbocycles. The van der Waals surface area contributed by atoms with Gasteiger partial charge in [0.05, 0.1) is 34.2 Å². The first-order valence-electron chi connectivity index (χ1n) is 7.48. The van der Waals surface area contributed by atoms with E-state index in [0.717, 1.165) is 0 Å². The van der Waals surface area contributed by atoms with Crippen LogP contribution >= 0.6 is 0 Å². The lowest BCUT2D eigenvalue weighted by molar-refractivity contribution is 0.0689. The second-order valence-corrected chi connectivity index (χ2v) is 5.33. The van der Waals surface area contributed by atoms with Crippen molar-refractivity contribution in [2.45, 2.75) is 13.3 Å². The van der Waals surface area contributed by atoms with Crippen molar-refractivity contribution in [1.29, 1.82) is 0 Å². The molecule has 3 rings (SSSR count). The number of hydrogen-bond acceptors (Lipinski definition) is 4. The Bertz CT molecular complexity index is 964.